The minimum Gasteiger partial charge on any atom is -0.497 e. The molecule has 110 valence electrons. The van der Waals surface area contributed by atoms with Crippen LogP contribution in [0.15, 0.2) is 36.1 Å². The number of amides is 1. The third-order valence-corrected chi connectivity index (χ3v) is 3.52. The number of rotatable bonds is 2. The molecule has 21 heavy (non-hydrogen) atoms. The summed E-state index contributed by atoms with van der Waals surface area (Å²) in [6.45, 7) is 2.42. The minimum atomic E-state index is -0.00572. The van der Waals surface area contributed by atoms with E-state index in [0.717, 1.165) is 11.3 Å². The van der Waals surface area contributed by atoms with Crippen LogP contribution in [0.3, 0.4) is 0 Å². The van der Waals surface area contributed by atoms with Crippen LogP contribution >= 0.6 is 0 Å². The molecule has 0 saturated carbocycles. The summed E-state index contributed by atoms with van der Waals surface area (Å²) >= 11 is 0. The number of fused-ring (bicyclic) bond motifs is 1. The van der Waals surface area contributed by atoms with E-state index in [1.165, 1.54) is 0 Å². The van der Waals surface area contributed by atoms with Crippen molar-refractivity contribution in [2.24, 2.45) is 0 Å². The number of morpholine rings is 1. The molecule has 0 aromatic heterocycles. The summed E-state index contributed by atoms with van der Waals surface area (Å²) in [6.07, 6.45) is 5.08. The molecule has 1 aromatic rings. The number of nitrogens with zero attached hydrogens (tertiary/aromatic N) is 1. The van der Waals surface area contributed by atoms with Crippen LogP contribution in [0.25, 0.3) is 6.08 Å². The van der Waals surface area contributed by atoms with E-state index in [0.29, 0.717) is 37.6 Å². The van der Waals surface area contributed by atoms with Crippen LogP contribution in [0.4, 0.5) is 0 Å². The third kappa shape index (κ3) is 2.92. The normalized spacial score (nSPS) is 17.4. The lowest BCUT2D eigenvalue weighted by Crippen LogP contribution is -2.41. The maximum Gasteiger partial charge on any atom is 0.254 e. The summed E-state index contributed by atoms with van der Waals surface area (Å²) in [7, 11) is 1.61. The lowest BCUT2D eigenvalue weighted by molar-refractivity contribution is -0.130. The smallest absolute Gasteiger partial charge is 0.254 e. The minimum absolute atomic E-state index is 0.00572. The van der Waals surface area contributed by atoms with Gasteiger partial charge in [0.25, 0.3) is 5.91 Å². The van der Waals surface area contributed by atoms with Gasteiger partial charge in [0, 0.05) is 24.2 Å². The third-order valence-electron chi connectivity index (χ3n) is 3.52. The highest BCUT2D eigenvalue weighted by molar-refractivity contribution is 6.01. The topological polar surface area (TPSA) is 48.0 Å². The monoisotopic (exact) mass is 287 g/mol. The SMILES string of the molecule is COc1ccc2c(c1)C=C(C(=O)N1CCOCC1)C=CO2. The van der Waals surface area contributed by atoms with Crippen LogP contribution in [-0.4, -0.2) is 44.2 Å². The Morgan fingerprint density at radius 3 is 2.86 bits per heavy atom. The van der Waals surface area contributed by atoms with Crippen molar-refractivity contribution in [3.63, 3.8) is 0 Å². The van der Waals surface area contributed by atoms with Crippen molar-refractivity contribution in [1.29, 1.82) is 0 Å². The molecule has 0 unspecified atom stereocenters. The summed E-state index contributed by atoms with van der Waals surface area (Å²) < 4.78 is 16.0. The molecule has 2 heterocycles. The Morgan fingerprint density at radius 1 is 1.29 bits per heavy atom. The van der Waals surface area contributed by atoms with E-state index in [4.69, 9.17) is 14.2 Å². The number of benzene rings is 1. The van der Waals surface area contributed by atoms with Crippen molar-refractivity contribution >= 4 is 12.0 Å². The zero-order chi connectivity index (χ0) is 14.7. The van der Waals surface area contributed by atoms with Gasteiger partial charge in [-0.25, -0.2) is 0 Å². The van der Waals surface area contributed by atoms with Gasteiger partial charge in [0.1, 0.15) is 11.5 Å². The molecule has 0 spiro atoms. The maximum atomic E-state index is 12.5. The van der Waals surface area contributed by atoms with Crippen molar-refractivity contribution in [2.45, 2.75) is 0 Å². The second-order valence-electron chi connectivity index (χ2n) is 4.83. The maximum absolute atomic E-state index is 12.5. The average Bonchev–Trinajstić information content (AvgIpc) is 2.76. The Bertz CT molecular complexity index is 600. The first-order chi connectivity index (χ1) is 10.3. The Balaban J connectivity index is 1.90. The lowest BCUT2D eigenvalue weighted by Gasteiger charge is -2.27. The molecule has 0 radical (unpaired) electrons. The Hall–Kier alpha value is -2.27. The van der Waals surface area contributed by atoms with Crippen molar-refractivity contribution in [3.8, 4) is 11.5 Å². The molecular weight excluding hydrogens is 270 g/mol. The van der Waals surface area contributed by atoms with Crippen LogP contribution < -0.4 is 9.47 Å². The Labute approximate surface area is 123 Å². The van der Waals surface area contributed by atoms with Crippen LogP contribution in [0.5, 0.6) is 11.5 Å². The van der Waals surface area contributed by atoms with Gasteiger partial charge >= 0.3 is 0 Å². The number of hydrogen-bond acceptors (Lipinski definition) is 4. The van der Waals surface area contributed by atoms with E-state index in [1.54, 1.807) is 24.3 Å². The molecule has 5 heteroatoms. The molecule has 0 atom stereocenters. The van der Waals surface area contributed by atoms with Crippen LogP contribution in [0.1, 0.15) is 5.56 Å². The summed E-state index contributed by atoms with van der Waals surface area (Å²) in [6, 6.07) is 5.52. The largest absolute Gasteiger partial charge is 0.497 e. The summed E-state index contributed by atoms with van der Waals surface area (Å²) in [4.78, 5) is 14.3. The number of ether oxygens (including phenoxy) is 3. The predicted octanol–water partition coefficient (Wildman–Crippen LogP) is 1.84. The zero-order valence-electron chi connectivity index (χ0n) is 11.9. The highest BCUT2D eigenvalue weighted by Gasteiger charge is 2.20. The van der Waals surface area contributed by atoms with Gasteiger partial charge in [-0.2, -0.15) is 0 Å². The lowest BCUT2D eigenvalue weighted by atomic mass is 10.1. The van der Waals surface area contributed by atoms with Crippen LogP contribution in [-0.2, 0) is 9.53 Å². The predicted molar refractivity (Wildman–Crippen MR) is 78.1 cm³/mol. The van der Waals surface area contributed by atoms with Crippen LogP contribution in [0, 0.1) is 0 Å². The quantitative estimate of drug-likeness (QED) is 0.833. The highest BCUT2D eigenvalue weighted by Crippen LogP contribution is 2.29. The Morgan fingerprint density at radius 2 is 2.10 bits per heavy atom. The molecule has 3 rings (SSSR count). The molecular formula is C16H17NO4. The van der Waals surface area contributed by atoms with Crippen LogP contribution in [0.2, 0.25) is 0 Å². The fraction of sp³-hybridized carbons (Fsp3) is 0.312. The molecule has 0 N–H and O–H groups in total. The van der Waals surface area contributed by atoms with E-state index in [2.05, 4.69) is 0 Å². The standard InChI is InChI=1S/C16H17NO4/c1-19-14-2-3-15-13(11-14)10-12(4-7-21-15)16(18)17-5-8-20-9-6-17/h2-4,7,10-11H,5-6,8-9H2,1H3. The molecule has 2 aliphatic heterocycles. The molecule has 1 saturated heterocycles. The van der Waals surface area contributed by atoms with Gasteiger partial charge in [-0.3, -0.25) is 4.79 Å². The van der Waals surface area contributed by atoms with Gasteiger partial charge < -0.3 is 19.1 Å². The van der Waals surface area contributed by atoms with Crippen molar-refractivity contribution in [2.75, 3.05) is 33.4 Å². The van der Waals surface area contributed by atoms with E-state index in [-0.39, 0.29) is 5.91 Å². The first kappa shape index (κ1) is 13.7. The number of hydrogen-bond donors (Lipinski definition) is 0. The van der Waals surface area contributed by atoms with E-state index in [9.17, 15) is 4.79 Å². The summed E-state index contributed by atoms with van der Waals surface area (Å²) in [5, 5.41) is 0. The molecule has 0 bridgehead atoms. The molecule has 1 fully saturated rings. The summed E-state index contributed by atoms with van der Waals surface area (Å²) in [5.41, 5.74) is 1.43. The second kappa shape index (κ2) is 6.01. The second-order valence-corrected chi connectivity index (χ2v) is 4.83. The Kier molecular flexibility index (Phi) is 3.92. The van der Waals surface area contributed by atoms with Gasteiger partial charge in [-0.15, -0.1) is 0 Å². The van der Waals surface area contributed by atoms with Gasteiger partial charge in [-0.05, 0) is 30.4 Å². The van der Waals surface area contributed by atoms with Crippen molar-refractivity contribution in [1.82, 2.24) is 4.90 Å². The number of carbonyl (C=O) groups is 1. The molecule has 1 aromatic carbocycles. The van der Waals surface area contributed by atoms with E-state index < -0.39 is 0 Å². The van der Waals surface area contributed by atoms with Gasteiger partial charge in [-0.1, -0.05) is 0 Å². The first-order valence-electron chi connectivity index (χ1n) is 6.88. The zero-order valence-corrected chi connectivity index (χ0v) is 11.9. The summed E-state index contributed by atoms with van der Waals surface area (Å²) in [5.74, 6) is 1.43. The average molecular weight is 287 g/mol. The molecule has 5 nitrogen and oxygen atoms in total. The molecule has 0 aliphatic carbocycles. The molecule has 2 aliphatic rings. The fourth-order valence-electron chi connectivity index (χ4n) is 2.35. The van der Waals surface area contributed by atoms with Crippen molar-refractivity contribution < 1.29 is 19.0 Å². The highest BCUT2D eigenvalue weighted by atomic mass is 16.5. The number of methoxy groups -OCH3 is 1. The van der Waals surface area contributed by atoms with E-state index >= 15 is 0 Å². The van der Waals surface area contributed by atoms with Gasteiger partial charge in [0.05, 0.1) is 26.6 Å². The van der Waals surface area contributed by atoms with Gasteiger partial charge in [0.2, 0.25) is 0 Å². The van der Waals surface area contributed by atoms with Crippen molar-refractivity contribution in [3.05, 3.63) is 41.7 Å². The first-order valence-corrected chi connectivity index (χ1v) is 6.88. The number of carbonyl (C=O) groups excluding carboxylic acids is 1. The van der Waals surface area contributed by atoms with Gasteiger partial charge in [0.15, 0.2) is 0 Å². The fourth-order valence-corrected chi connectivity index (χ4v) is 2.35. The molecule has 1 amide bonds. The van der Waals surface area contributed by atoms with E-state index in [1.807, 2.05) is 24.3 Å².